The van der Waals surface area contributed by atoms with Gasteiger partial charge in [0.1, 0.15) is 11.6 Å². The largest absolute Gasteiger partial charge is 0.494 e. The zero-order chi connectivity index (χ0) is 19.1. The van der Waals surface area contributed by atoms with Crippen LogP contribution in [0.5, 0.6) is 5.75 Å². The molecule has 0 aliphatic rings. The lowest BCUT2D eigenvalue weighted by Crippen LogP contribution is -2.13. The van der Waals surface area contributed by atoms with Gasteiger partial charge in [-0.3, -0.25) is 4.79 Å². The Bertz CT molecular complexity index is 907. The lowest BCUT2D eigenvalue weighted by Gasteiger charge is -2.10. The molecule has 0 spiro atoms. The van der Waals surface area contributed by atoms with Crippen molar-refractivity contribution in [2.24, 2.45) is 0 Å². The van der Waals surface area contributed by atoms with Gasteiger partial charge in [-0.15, -0.1) is 0 Å². The molecule has 1 aromatic heterocycles. The molecule has 0 fully saturated rings. The van der Waals surface area contributed by atoms with Gasteiger partial charge in [-0.2, -0.15) is 0 Å². The van der Waals surface area contributed by atoms with Crippen LogP contribution in [0.4, 0.5) is 11.5 Å². The summed E-state index contributed by atoms with van der Waals surface area (Å²) in [4.78, 5) is 16.8. The second-order valence-electron chi connectivity index (χ2n) is 6.12. The predicted octanol–water partition coefficient (Wildman–Crippen LogP) is 4.65. The molecular formula is C22H23N3O2. The molecular weight excluding hydrogens is 338 g/mol. The van der Waals surface area contributed by atoms with Crippen LogP contribution in [0.3, 0.4) is 0 Å². The van der Waals surface area contributed by atoms with Gasteiger partial charge in [0.05, 0.1) is 6.61 Å². The van der Waals surface area contributed by atoms with E-state index in [9.17, 15) is 4.79 Å². The average molecular weight is 361 g/mol. The van der Waals surface area contributed by atoms with Crippen LogP contribution in [0, 0.1) is 6.92 Å². The Labute approximate surface area is 159 Å². The Balaban J connectivity index is 1.63. The van der Waals surface area contributed by atoms with Crippen molar-refractivity contribution >= 4 is 17.4 Å². The summed E-state index contributed by atoms with van der Waals surface area (Å²) in [6.07, 6.45) is 1.63. The van der Waals surface area contributed by atoms with E-state index in [-0.39, 0.29) is 5.91 Å². The van der Waals surface area contributed by atoms with E-state index in [1.807, 2.05) is 43.3 Å². The van der Waals surface area contributed by atoms with Crippen LogP contribution in [0.1, 0.15) is 28.4 Å². The highest BCUT2D eigenvalue weighted by Crippen LogP contribution is 2.17. The molecule has 2 N–H and O–H groups in total. The maximum Gasteiger partial charge on any atom is 0.255 e. The normalized spacial score (nSPS) is 10.3. The van der Waals surface area contributed by atoms with Gasteiger partial charge in [-0.25, -0.2) is 4.98 Å². The van der Waals surface area contributed by atoms with E-state index in [1.54, 1.807) is 18.3 Å². The van der Waals surface area contributed by atoms with Crippen LogP contribution in [0.15, 0.2) is 66.9 Å². The fraction of sp³-hybridized carbons (Fsp3) is 0.182. The predicted molar refractivity (Wildman–Crippen MR) is 108 cm³/mol. The molecule has 3 rings (SSSR count). The number of hydrogen-bond donors (Lipinski definition) is 2. The van der Waals surface area contributed by atoms with E-state index in [2.05, 4.69) is 34.7 Å². The highest BCUT2D eigenvalue weighted by Gasteiger charge is 2.08. The van der Waals surface area contributed by atoms with Crippen molar-refractivity contribution in [2.45, 2.75) is 20.4 Å². The fourth-order valence-corrected chi connectivity index (χ4v) is 2.67. The highest BCUT2D eigenvalue weighted by atomic mass is 16.5. The topological polar surface area (TPSA) is 63.2 Å². The molecule has 0 saturated heterocycles. The number of rotatable bonds is 7. The molecule has 0 aliphatic carbocycles. The van der Waals surface area contributed by atoms with Gasteiger partial charge in [0.15, 0.2) is 0 Å². The van der Waals surface area contributed by atoms with Crippen molar-refractivity contribution in [3.8, 4) is 5.75 Å². The summed E-state index contributed by atoms with van der Waals surface area (Å²) < 4.78 is 5.41. The number of carbonyl (C=O) groups excluding carboxylic acids is 1. The number of aromatic nitrogens is 1. The first-order valence-electron chi connectivity index (χ1n) is 8.94. The van der Waals surface area contributed by atoms with Crippen molar-refractivity contribution in [3.63, 3.8) is 0 Å². The van der Waals surface area contributed by atoms with Crippen molar-refractivity contribution in [1.82, 2.24) is 4.98 Å². The standard InChI is InChI=1S/C22H23N3O2/c1-3-27-20-10-8-19(9-11-20)25-22(26)17-12-13-23-21(14-17)24-15-18-7-5-4-6-16(18)2/h4-14H,3,15H2,1-2H3,(H,23,24)(H,25,26). The molecule has 2 aromatic carbocycles. The van der Waals surface area contributed by atoms with Gasteiger partial charge in [0.25, 0.3) is 5.91 Å². The molecule has 27 heavy (non-hydrogen) atoms. The lowest BCUT2D eigenvalue weighted by atomic mass is 10.1. The van der Waals surface area contributed by atoms with Crippen molar-refractivity contribution < 1.29 is 9.53 Å². The first-order chi connectivity index (χ1) is 13.2. The maximum absolute atomic E-state index is 12.5. The molecule has 5 heteroatoms. The molecule has 0 aliphatic heterocycles. The van der Waals surface area contributed by atoms with Gasteiger partial charge >= 0.3 is 0 Å². The van der Waals surface area contributed by atoms with E-state index >= 15 is 0 Å². The highest BCUT2D eigenvalue weighted by molar-refractivity contribution is 6.04. The average Bonchev–Trinajstić information content (AvgIpc) is 2.69. The first-order valence-corrected chi connectivity index (χ1v) is 8.94. The van der Waals surface area contributed by atoms with E-state index in [4.69, 9.17) is 4.74 Å². The number of benzene rings is 2. The van der Waals surface area contributed by atoms with Crippen molar-refractivity contribution in [1.29, 1.82) is 0 Å². The van der Waals surface area contributed by atoms with Crippen molar-refractivity contribution in [3.05, 3.63) is 83.6 Å². The van der Waals surface area contributed by atoms with Gasteiger partial charge in [0, 0.05) is 24.0 Å². The van der Waals surface area contributed by atoms with Crippen LogP contribution in [0.2, 0.25) is 0 Å². The molecule has 0 unspecified atom stereocenters. The Hall–Kier alpha value is -3.34. The smallest absolute Gasteiger partial charge is 0.255 e. The first kappa shape index (κ1) is 18.5. The lowest BCUT2D eigenvalue weighted by molar-refractivity contribution is 0.102. The Morgan fingerprint density at radius 1 is 1.07 bits per heavy atom. The third-order valence-electron chi connectivity index (χ3n) is 4.17. The van der Waals surface area contributed by atoms with Gasteiger partial charge in [-0.05, 0) is 61.4 Å². The third kappa shape index (κ3) is 5.07. The number of hydrogen-bond acceptors (Lipinski definition) is 4. The molecule has 0 radical (unpaired) electrons. The molecule has 5 nitrogen and oxygen atoms in total. The summed E-state index contributed by atoms with van der Waals surface area (Å²) in [6, 6.07) is 18.9. The van der Waals surface area contributed by atoms with Crippen LogP contribution >= 0.6 is 0 Å². The monoisotopic (exact) mass is 361 g/mol. The number of nitrogens with one attached hydrogen (secondary N) is 2. The van der Waals surface area contributed by atoms with E-state index in [0.717, 1.165) is 11.4 Å². The van der Waals surface area contributed by atoms with Gasteiger partial charge < -0.3 is 15.4 Å². The summed E-state index contributed by atoms with van der Waals surface area (Å²) in [5.74, 6) is 1.26. The number of nitrogens with zero attached hydrogens (tertiary/aromatic N) is 1. The molecule has 138 valence electrons. The second kappa shape index (κ2) is 8.85. The SMILES string of the molecule is CCOc1ccc(NC(=O)c2ccnc(NCc3ccccc3C)c2)cc1. The van der Waals surface area contributed by atoms with Crippen LogP contribution < -0.4 is 15.4 Å². The maximum atomic E-state index is 12.5. The Kier molecular flexibility index (Phi) is 6.05. The van der Waals surface area contributed by atoms with E-state index in [1.165, 1.54) is 11.1 Å². The number of pyridine rings is 1. The van der Waals surface area contributed by atoms with E-state index in [0.29, 0.717) is 24.5 Å². The number of anilines is 2. The Morgan fingerprint density at radius 3 is 2.59 bits per heavy atom. The number of ether oxygens (including phenoxy) is 1. The zero-order valence-electron chi connectivity index (χ0n) is 15.5. The van der Waals surface area contributed by atoms with Crippen LogP contribution in [0.25, 0.3) is 0 Å². The Morgan fingerprint density at radius 2 is 1.85 bits per heavy atom. The minimum Gasteiger partial charge on any atom is -0.494 e. The number of carbonyl (C=O) groups is 1. The molecule has 0 bridgehead atoms. The number of aryl methyl sites for hydroxylation is 1. The quantitative estimate of drug-likeness (QED) is 0.643. The zero-order valence-corrected chi connectivity index (χ0v) is 15.5. The fourth-order valence-electron chi connectivity index (χ4n) is 2.67. The summed E-state index contributed by atoms with van der Waals surface area (Å²) in [7, 11) is 0. The minimum atomic E-state index is -0.180. The third-order valence-corrected chi connectivity index (χ3v) is 4.17. The molecule has 1 amide bonds. The summed E-state index contributed by atoms with van der Waals surface area (Å²) in [5, 5.41) is 6.16. The summed E-state index contributed by atoms with van der Waals surface area (Å²) in [6.45, 7) is 5.28. The summed E-state index contributed by atoms with van der Waals surface area (Å²) in [5.41, 5.74) is 3.68. The number of amides is 1. The van der Waals surface area contributed by atoms with E-state index < -0.39 is 0 Å². The molecule has 3 aromatic rings. The molecule has 0 atom stereocenters. The molecule has 0 saturated carbocycles. The van der Waals surface area contributed by atoms with Crippen LogP contribution in [-0.2, 0) is 6.54 Å². The summed E-state index contributed by atoms with van der Waals surface area (Å²) >= 11 is 0. The van der Waals surface area contributed by atoms with Gasteiger partial charge in [0.2, 0.25) is 0 Å². The second-order valence-corrected chi connectivity index (χ2v) is 6.12. The molecule has 1 heterocycles. The minimum absolute atomic E-state index is 0.180. The van der Waals surface area contributed by atoms with Gasteiger partial charge in [-0.1, -0.05) is 24.3 Å². The van der Waals surface area contributed by atoms with Crippen molar-refractivity contribution in [2.75, 3.05) is 17.2 Å². The van der Waals surface area contributed by atoms with Crippen LogP contribution in [-0.4, -0.2) is 17.5 Å².